The highest BCUT2D eigenvalue weighted by Crippen LogP contribution is 2.23. The molecule has 0 aliphatic rings. The average Bonchev–Trinajstić information content (AvgIpc) is 3.10. The molecule has 2 aromatic rings. The van der Waals surface area contributed by atoms with Gasteiger partial charge >= 0.3 is 6.09 Å². The van der Waals surface area contributed by atoms with Crippen molar-refractivity contribution < 1.29 is 19.1 Å². The lowest BCUT2D eigenvalue weighted by molar-refractivity contribution is -0.115. The largest absolute Gasteiger partial charge is 0.453 e. The standard InChI is InChI=1S/C13H12N2O4S2/c1-19-13(18)15-11(17)9-4-6-21-12(9)14-10(16)7-8-3-2-5-20-8/h2-6H,7H2,1H3,(H,14,16)(H,15,17,18). The molecule has 3 amide bonds. The Hall–Kier alpha value is -2.19. The highest BCUT2D eigenvalue weighted by atomic mass is 32.1. The molecule has 2 aromatic heterocycles. The van der Waals surface area contributed by atoms with Crippen molar-refractivity contribution >= 4 is 45.6 Å². The first-order valence-corrected chi connectivity index (χ1v) is 7.65. The molecule has 2 N–H and O–H groups in total. The van der Waals surface area contributed by atoms with Gasteiger partial charge in [0.1, 0.15) is 5.00 Å². The molecule has 0 atom stereocenters. The Balaban J connectivity index is 2.01. The number of amides is 3. The van der Waals surface area contributed by atoms with Gasteiger partial charge in [0.2, 0.25) is 5.91 Å². The second-order valence-corrected chi connectivity index (χ2v) is 5.86. The third kappa shape index (κ3) is 4.14. The summed E-state index contributed by atoms with van der Waals surface area (Å²) in [6, 6.07) is 5.26. The van der Waals surface area contributed by atoms with Crippen LogP contribution in [0.2, 0.25) is 0 Å². The number of nitrogens with one attached hydrogen (secondary N) is 2. The second kappa shape index (κ2) is 7.00. The molecule has 0 aromatic carbocycles. The van der Waals surface area contributed by atoms with Gasteiger partial charge in [-0.15, -0.1) is 22.7 Å². The first-order valence-electron chi connectivity index (χ1n) is 5.89. The molecule has 6 nitrogen and oxygen atoms in total. The SMILES string of the molecule is COC(=O)NC(=O)c1ccsc1NC(=O)Cc1cccs1. The Morgan fingerprint density at radius 2 is 2.00 bits per heavy atom. The van der Waals surface area contributed by atoms with E-state index in [9.17, 15) is 14.4 Å². The number of imide groups is 1. The third-order valence-corrected chi connectivity index (χ3v) is 4.18. The molecule has 0 spiro atoms. The Morgan fingerprint density at radius 1 is 1.19 bits per heavy atom. The summed E-state index contributed by atoms with van der Waals surface area (Å²) in [6.45, 7) is 0. The summed E-state index contributed by atoms with van der Waals surface area (Å²) >= 11 is 2.70. The summed E-state index contributed by atoms with van der Waals surface area (Å²) in [5.41, 5.74) is 0.227. The number of carbonyl (C=O) groups is 3. The zero-order chi connectivity index (χ0) is 15.2. The van der Waals surface area contributed by atoms with Crippen LogP contribution in [-0.2, 0) is 16.0 Å². The van der Waals surface area contributed by atoms with Crippen LogP contribution >= 0.6 is 22.7 Å². The maximum atomic E-state index is 11.9. The normalized spacial score (nSPS) is 9.95. The van der Waals surface area contributed by atoms with Gasteiger partial charge in [0.25, 0.3) is 5.91 Å². The lowest BCUT2D eigenvalue weighted by atomic mass is 10.3. The van der Waals surface area contributed by atoms with Crippen LogP contribution in [0.4, 0.5) is 9.80 Å². The van der Waals surface area contributed by atoms with E-state index in [-0.39, 0.29) is 17.9 Å². The van der Waals surface area contributed by atoms with Crippen LogP contribution in [0, 0.1) is 0 Å². The summed E-state index contributed by atoms with van der Waals surface area (Å²) in [5.74, 6) is -0.832. The smallest absolute Gasteiger partial charge is 0.413 e. The topological polar surface area (TPSA) is 84.5 Å². The number of ether oxygens (including phenoxy) is 1. The summed E-state index contributed by atoms with van der Waals surface area (Å²) in [4.78, 5) is 35.7. The van der Waals surface area contributed by atoms with Crippen LogP contribution in [-0.4, -0.2) is 25.0 Å². The fourth-order valence-corrected chi connectivity index (χ4v) is 3.04. The molecule has 0 saturated heterocycles. The number of thiophene rings is 2. The molecule has 0 unspecified atom stereocenters. The Morgan fingerprint density at radius 3 is 2.67 bits per heavy atom. The number of alkyl carbamates (subject to hydrolysis) is 1. The Bertz CT molecular complexity index is 649. The van der Waals surface area contributed by atoms with Crippen LogP contribution in [0.3, 0.4) is 0 Å². The minimum absolute atomic E-state index is 0.216. The number of carbonyl (C=O) groups excluding carboxylic acids is 3. The molecule has 8 heteroatoms. The molecule has 2 heterocycles. The van der Waals surface area contributed by atoms with E-state index in [1.807, 2.05) is 22.8 Å². The zero-order valence-electron chi connectivity index (χ0n) is 11.0. The second-order valence-electron chi connectivity index (χ2n) is 3.91. The first kappa shape index (κ1) is 15.2. The van der Waals surface area contributed by atoms with Gasteiger partial charge < -0.3 is 10.1 Å². The van der Waals surface area contributed by atoms with E-state index in [1.165, 1.54) is 35.8 Å². The monoisotopic (exact) mass is 324 g/mol. The van der Waals surface area contributed by atoms with Gasteiger partial charge in [-0.3, -0.25) is 14.9 Å². The molecule has 21 heavy (non-hydrogen) atoms. The van der Waals surface area contributed by atoms with E-state index in [0.29, 0.717) is 5.00 Å². The quantitative estimate of drug-likeness (QED) is 0.905. The van der Waals surface area contributed by atoms with Gasteiger partial charge in [0.15, 0.2) is 0 Å². The van der Waals surface area contributed by atoms with Crippen molar-refractivity contribution in [3.63, 3.8) is 0 Å². The average molecular weight is 324 g/mol. The van der Waals surface area contributed by atoms with E-state index in [1.54, 1.807) is 5.38 Å². The zero-order valence-corrected chi connectivity index (χ0v) is 12.7. The number of methoxy groups -OCH3 is 1. The van der Waals surface area contributed by atoms with Crippen LogP contribution in [0.5, 0.6) is 0 Å². The first-order chi connectivity index (χ1) is 10.1. The predicted octanol–water partition coefficient (Wildman–Crippen LogP) is 2.49. The maximum Gasteiger partial charge on any atom is 0.413 e. The number of anilines is 1. The maximum absolute atomic E-state index is 11.9. The van der Waals surface area contributed by atoms with Crippen molar-refractivity contribution in [1.29, 1.82) is 0 Å². The van der Waals surface area contributed by atoms with E-state index >= 15 is 0 Å². The molecular formula is C13H12N2O4S2. The molecule has 110 valence electrons. The van der Waals surface area contributed by atoms with E-state index in [0.717, 1.165) is 4.88 Å². The van der Waals surface area contributed by atoms with Gasteiger partial charge in [-0.05, 0) is 22.9 Å². The Labute approximate surface area is 128 Å². The number of hydrogen-bond acceptors (Lipinski definition) is 6. The number of hydrogen-bond donors (Lipinski definition) is 2. The molecule has 2 rings (SSSR count). The molecule has 0 saturated carbocycles. The van der Waals surface area contributed by atoms with E-state index < -0.39 is 12.0 Å². The summed E-state index contributed by atoms with van der Waals surface area (Å²) < 4.78 is 4.36. The minimum atomic E-state index is -0.845. The lowest BCUT2D eigenvalue weighted by Crippen LogP contribution is -2.30. The van der Waals surface area contributed by atoms with Crippen molar-refractivity contribution in [3.05, 3.63) is 39.4 Å². The van der Waals surface area contributed by atoms with Crippen LogP contribution in [0.25, 0.3) is 0 Å². The molecular weight excluding hydrogens is 312 g/mol. The predicted molar refractivity (Wildman–Crippen MR) is 80.8 cm³/mol. The van der Waals surface area contributed by atoms with Crippen LogP contribution in [0.15, 0.2) is 29.0 Å². The third-order valence-electron chi connectivity index (χ3n) is 2.48. The van der Waals surface area contributed by atoms with E-state index in [4.69, 9.17) is 0 Å². The molecule has 0 radical (unpaired) electrons. The minimum Gasteiger partial charge on any atom is -0.453 e. The van der Waals surface area contributed by atoms with Crippen LogP contribution in [0.1, 0.15) is 15.2 Å². The molecule has 0 fully saturated rings. The summed E-state index contributed by atoms with van der Waals surface area (Å²) in [5, 5.41) is 8.68. The van der Waals surface area contributed by atoms with Crippen LogP contribution < -0.4 is 10.6 Å². The van der Waals surface area contributed by atoms with Gasteiger partial charge in [-0.25, -0.2) is 4.79 Å². The van der Waals surface area contributed by atoms with Gasteiger partial charge in [0.05, 0.1) is 19.1 Å². The lowest BCUT2D eigenvalue weighted by Gasteiger charge is -2.06. The molecule has 0 aliphatic heterocycles. The van der Waals surface area contributed by atoms with Crippen molar-refractivity contribution in [3.8, 4) is 0 Å². The molecule has 0 aliphatic carbocycles. The summed E-state index contributed by atoms with van der Waals surface area (Å²) in [7, 11) is 1.17. The van der Waals surface area contributed by atoms with Crippen molar-refractivity contribution in [2.45, 2.75) is 6.42 Å². The van der Waals surface area contributed by atoms with Gasteiger partial charge in [0, 0.05) is 4.88 Å². The van der Waals surface area contributed by atoms with E-state index in [2.05, 4.69) is 10.1 Å². The van der Waals surface area contributed by atoms with Gasteiger partial charge in [-0.1, -0.05) is 6.07 Å². The summed E-state index contributed by atoms with van der Waals surface area (Å²) in [6.07, 6.45) is -0.602. The highest BCUT2D eigenvalue weighted by molar-refractivity contribution is 7.14. The van der Waals surface area contributed by atoms with Gasteiger partial charge in [-0.2, -0.15) is 0 Å². The van der Waals surface area contributed by atoms with Crippen molar-refractivity contribution in [2.24, 2.45) is 0 Å². The van der Waals surface area contributed by atoms with Crippen molar-refractivity contribution in [1.82, 2.24) is 5.32 Å². The highest BCUT2D eigenvalue weighted by Gasteiger charge is 2.17. The fourth-order valence-electron chi connectivity index (χ4n) is 1.54. The molecule has 0 bridgehead atoms. The fraction of sp³-hybridized carbons (Fsp3) is 0.154. The number of rotatable bonds is 4. The van der Waals surface area contributed by atoms with Crippen molar-refractivity contribution in [2.75, 3.05) is 12.4 Å². The Kier molecular flexibility index (Phi) is 5.07.